The molecule has 47 valence electrons. The van der Waals surface area contributed by atoms with Gasteiger partial charge in [-0.2, -0.15) is 0 Å². The van der Waals surface area contributed by atoms with Gasteiger partial charge in [0.1, 0.15) is 0 Å². The fourth-order valence-corrected chi connectivity index (χ4v) is 0.868. The van der Waals surface area contributed by atoms with Gasteiger partial charge < -0.3 is 0 Å². The second-order valence-electron chi connectivity index (χ2n) is 2.24. The minimum absolute atomic E-state index is 0.891. The monoisotopic (exact) mass is 119 g/mol. The Bertz CT molecular complexity index is 189. The summed E-state index contributed by atoms with van der Waals surface area (Å²) in [5, 5.41) is 0. The highest BCUT2D eigenvalue weighted by Crippen LogP contribution is 2.02. The lowest BCUT2D eigenvalue weighted by atomic mass is 10.1. The zero-order valence-electron chi connectivity index (χ0n) is 5.72. The average molecular weight is 119 g/mol. The molecule has 0 aromatic heterocycles. The Balaban J connectivity index is 2.94. The van der Waals surface area contributed by atoms with Gasteiger partial charge in [0.2, 0.25) is 0 Å². The molecule has 0 heteroatoms. The zero-order chi connectivity index (χ0) is 6.69. The van der Waals surface area contributed by atoms with E-state index in [1.165, 1.54) is 11.1 Å². The molecule has 0 saturated carbocycles. The summed E-state index contributed by atoms with van der Waals surface area (Å²) in [7, 11) is 0. The van der Waals surface area contributed by atoms with Crippen molar-refractivity contribution in [3.63, 3.8) is 0 Å². The fourth-order valence-electron chi connectivity index (χ4n) is 0.868. The molecule has 9 heavy (non-hydrogen) atoms. The van der Waals surface area contributed by atoms with Crippen LogP contribution in [0.1, 0.15) is 11.1 Å². The van der Waals surface area contributed by atoms with E-state index in [0.717, 1.165) is 6.42 Å². The smallest absolute Gasteiger partial charge is 0.0279 e. The molecule has 0 bridgehead atoms. The Morgan fingerprint density at radius 1 is 1.44 bits per heavy atom. The van der Waals surface area contributed by atoms with Crippen molar-refractivity contribution in [1.82, 2.24) is 0 Å². The first-order chi connectivity index (χ1) is 4.33. The van der Waals surface area contributed by atoms with Crippen LogP contribution in [0.3, 0.4) is 0 Å². The highest BCUT2D eigenvalue weighted by molar-refractivity contribution is 5.22. The minimum Gasteiger partial charge on any atom is -0.0617 e. The summed E-state index contributed by atoms with van der Waals surface area (Å²) in [5.74, 6) is 0. The molecule has 0 unspecified atom stereocenters. The minimum atomic E-state index is 0.891. The third kappa shape index (κ3) is 1.56. The predicted molar refractivity (Wildman–Crippen MR) is 40.2 cm³/mol. The summed E-state index contributed by atoms with van der Waals surface area (Å²) in [6, 6.07) is 8.42. The van der Waals surface area contributed by atoms with Crippen LogP contribution in [0.15, 0.2) is 24.3 Å². The van der Waals surface area contributed by atoms with Crippen LogP contribution in [-0.4, -0.2) is 0 Å². The first kappa shape index (κ1) is 6.34. The molecule has 0 nitrogen and oxygen atoms in total. The number of hydrogen-bond donors (Lipinski definition) is 0. The molecule has 0 aliphatic carbocycles. The summed E-state index contributed by atoms with van der Waals surface area (Å²) in [6.45, 7) is 5.89. The molecule has 1 radical (unpaired) electrons. The van der Waals surface area contributed by atoms with Gasteiger partial charge in [-0.05, 0) is 25.8 Å². The lowest BCUT2D eigenvalue weighted by Crippen LogP contribution is -1.79. The van der Waals surface area contributed by atoms with Crippen LogP contribution in [0.5, 0.6) is 0 Å². The number of benzene rings is 1. The van der Waals surface area contributed by atoms with Crippen LogP contribution in [0.25, 0.3) is 0 Å². The van der Waals surface area contributed by atoms with Gasteiger partial charge in [-0.15, -0.1) is 0 Å². The number of hydrogen-bond acceptors (Lipinski definition) is 0. The van der Waals surface area contributed by atoms with Crippen LogP contribution in [-0.2, 0) is 6.42 Å². The van der Waals surface area contributed by atoms with Crippen LogP contribution < -0.4 is 0 Å². The van der Waals surface area contributed by atoms with Gasteiger partial charge >= 0.3 is 0 Å². The van der Waals surface area contributed by atoms with Gasteiger partial charge in [0.05, 0.1) is 0 Å². The van der Waals surface area contributed by atoms with Crippen molar-refractivity contribution in [2.75, 3.05) is 0 Å². The molecule has 0 amide bonds. The standard InChI is InChI=1S/C9H11/c1-3-9-6-4-5-8(2)7-9/h4-7H,1,3H2,2H3. The zero-order valence-corrected chi connectivity index (χ0v) is 5.72. The highest BCUT2D eigenvalue weighted by atomic mass is 13.9. The van der Waals surface area contributed by atoms with Gasteiger partial charge in [0.25, 0.3) is 0 Å². The molecule has 1 aromatic carbocycles. The first-order valence-electron chi connectivity index (χ1n) is 3.17. The Morgan fingerprint density at radius 3 is 2.67 bits per heavy atom. The summed E-state index contributed by atoms with van der Waals surface area (Å²) >= 11 is 0. The summed E-state index contributed by atoms with van der Waals surface area (Å²) < 4.78 is 0. The Morgan fingerprint density at radius 2 is 2.22 bits per heavy atom. The normalized spacial score (nSPS) is 9.56. The Hall–Kier alpha value is -0.780. The molecule has 0 atom stereocenters. The van der Waals surface area contributed by atoms with E-state index in [4.69, 9.17) is 0 Å². The van der Waals surface area contributed by atoms with Crippen molar-refractivity contribution in [3.05, 3.63) is 42.3 Å². The summed E-state index contributed by atoms with van der Waals surface area (Å²) in [5.41, 5.74) is 2.63. The van der Waals surface area contributed by atoms with Crippen molar-refractivity contribution in [3.8, 4) is 0 Å². The SMILES string of the molecule is [CH2]Cc1cccc(C)c1. The highest BCUT2D eigenvalue weighted by Gasteiger charge is 1.85. The third-order valence-corrected chi connectivity index (χ3v) is 1.37. The lowest BCUT2D eigenvalue weighted by molar-refractivity contribution is 1.25. The van der Waals surface area contributed by atoms with E-state index in [0.29, 0.717) is 0 Å². The topological polar surface area (TPSA) is 0 Å². The molecule has 0 aliphatic heterocycles. The van der Waals surface area contributed by atoms with E-state index in [1.54, 1.807) is 0 Å². The van der Waals surface area contributed by atoms with Crippen molar-refractivity contribution >= 4 is 0 Å². The maximum absolute atomic E-state index is 3.80. The maximum atomic E-state index is 3.80. The summed E-state index contributed by atoms with van der Waals surface area (Å²) in [6.07, 6.45) is 0.891. The lowest BCUT2D eigenvalue weighted by Gasteiger charge is -1.95. The Kier molecular flexibility index (Phi) is 1.88. The molecular weight excluding hydrogens is 108 g/mol. The largest absolute Gasteiger partial charge is 0.0617 e. The van der Waals surface area contributed by atoms with E-state index in [1.807, 2.05) is 0 Å². The van der Waals surface area contributed by atoms with Gasteiger partial charge in [-0.25, -0.2) is 0 Å². The quantitative estimate of drug-likeness (QED) is 0.532. The molecule has 1 aromatic rings. The van der Waals surface area contributed by atoms with Crippen LogP contribution >= 0.6 is 0 Å². The molecule has 0 spiro atoms. The number of rotatable bonds is 1. The third-order valence-electron chi connectivity index (χ3n) is 1.37. The molecule has 1 rings (SSSR count). The predicted octanol–water partition coefficient (Wildman–Crippen LogP) is 2.37. The van der Waals surface area contributed by atoms with Gasteiger partial charge in [-0.3, -0.25) is 0 Å². The summed E-state index contributed by atoms with van der Waals surface area (Å²) in [4.78, 5) is 0. The molecule has 0 fully saturated rings. The van der Waals surface area contributed by atoms with Crippen LogP contribution in [0, 0.1) is 13.8 Å². The Labute approximate surface area is 56.5 Å². The maximum Gasteiger partial charge on any atom is -0.0279 e. The van der Waals surface area contributed by atoms with Crippen LogP contribution in [0.4, 0.5) is 0 Å². The molecule has 0 heterocycles. The van der Waals surface area contributed by atoms with Crippen molar-refractivity contribution in [1.29, 1.82) is 0 Å². The molecule has 0 aliphatic rings. The number of aryl methyl sites for hydroxylation is 1. The van der Waals surface area contributed by atoms with Crippen LogP contribution in [0.2, 0.25) is 0 Å². The second-order valence-corrected chi connectivity index (χ2v) is 2.24. The van der Waals surface area contributed by atoms with Crippen molar-refractivity contribution in [2.24, 2.45) is 0 Å². The second kappa shape index (κ2) is 2.67. The molecule has 0 saturated heterocycles. The van der Waals surface area contributed by atoms with Gasteiger partial charge in [0, 0.05) is 0 Å². The average Bonchev–Trinajstić information content (AvgIpc) is 1.88. The van der Waals surface area contributed by atoms with E-state index in [2.05, 4.69) is 38.1 Å². The van der Waals surface area contributed by atoms with Crippen molar-refractivity contribution in [2.45, 2.75) is 13.3 Å². The molecular formula is C9H11. The van der Waals surface area contributed by atoms with E-state index < -0.39 is 0 Å². The van der Waals surface area contributed by atoms with E-state index >= 15 is 0 Å². The van der Waals surface area contributed by atoms with Crippen molar-refractivity contribution < 1.29 is 0 Å². The first-order valence-corrected chi connectivity index (χ1v) is 3.17. The molecule has 0 N–H and O–H groups in total. The van der Waals surface area contributed by atoms with E-state index in [-0.39, 0.29) is 0 Å². The van der Waals surface area contributed by atoms with E-state index in [9.17, 15) is 0 Å². The van der Waals surface area contributed by atoms with Gasteiger partial charge in [-0.1, -0.05) is 29.8 Å². The fraction of sp³-hybridized carbons (Fsp3) is 0.222. The van der Waals surface area contributed by atoms with Gasteiger partial charge in [0.15, 0.2) is 0 Å².